The molecule has 0 N–H and O–H groups in total. The molecular weight excluding hydrogens is 316 g/mol. The van der Waals surface area contributed by atoms with Crippen molar-refractivity contribution in [2.75, 3.05) is 5.75 Å². The van der Waals surface area contributed by atoms with Gasteiger partial charge >= 0.3 is 0 Å². The van der Waals surface area contributed by atoms with Crippen molar-refractivity contribution in [3.05, 3.63) is 52.8 Å². The molecule has 0 radical (unpaired) electrons. The summed E-state index contributed by atoms with van der Waals surface area (Å²) in [5.41, 5.74) is 4.05. The standard InChI is InChI=1S/C20H24N2OS/c1-14-12-15(2)22-20(21-14)24-13-19(23)18-10-8-17(9-11-18)16-6-4-3-5-7-16/h8-12,16H,3-7,13H2,1-2H3. The van der Waals surface area contributed by atoms with Gasteiger partial charge in [0.15, 0.2) is 10.9 Å². The van der Waals surface area contributed by atoms with Crippen molar-refractivity contribution in [2.24, 2.45) is 0 Å². The van der Waals surface area contributed by atoms with Gasteiger partial charge in [0.05, 0.1) is 5.75 Å². The summed E-state index contributed by atoms with van der Waals surface area (Å²) in [4.78, 5) is 21.1. The van der Waals surface area contributed by atoms with Crippen LogP contribution in [-0.2, 0) is 0 Å². The minimum atomic E-state index is 0.137. The first-order valence-electron chi connectivity index (χ1n) is 8.70. The van der Waals surface area contributed by atoms with E-state index in [9.17, 15) is 4.79 Å². The molecule has 3 nitrogen and oxygen atoms in total. The molecule has 0 aliphatic heterocycles. The molecule has 0 spiro atoms. The van der Waals surface area contributed by atoms with Crippen molar-refractivity contribution >= 4 is 17.5 Å². The zero-order valence-corrected chi connectivity index (χ0v) is 15.2. The molecule has 0 atom stereocenters. The second kappa shape index (κ2) is 7.93. The van der Waals surface area contributed by atoms with Gasteiger partial charge in [0, 0.05) is 17.0 Å². The monoisotopic (exact) mass is 340 g/mol. The Hall–Kier alpha value is -1.68. The molecule has 0 saturated heterocycles. The fourth-order valence-corrected chi connectivity index (χ4v) is 4.19. The fourth-order valence-electron chi connectivity index (χ4n) is 3.35. The van der Waals surface area contributed by atoms with Crippen LogP contribution < -0.4 is 0 Å². The van der Waals surface area contributed by atoms with E-state index in [0.29, 0.717) is 16.8 Å². The molecule has 126 valence electrons. The highest BCUT2D eigenvalue weighted by Crippen LogP contribution is 2.32. The number of aryl methyl sites for hydroxylation is 2. The highest BCUT2D eigenvalue weighted by atomic mass is 32.2. The van der Waals surface area contributed by atoms with Crippen LogP contribution in [0.1, 0.15) is 65.3 Å². The molecule has 24 heavy (non-hydrogen) atoms. The summed E-state index contributed by atoms with van der Waals surface area (Å²) in [5, 5.41) is 0.680. The number of ketones is 1. The number of aromatic nitrogens is 2. The van der Waals surface area contributed by atoms with E-state index >= 15 is 0 Å². The van der Waals surface area contributed by atoms with E-state index in [0.717, 1.165) is 17.0 Å². The van der Waals surface area contributed by atoms with Crippen LogP contribution in [0.15, 0.2) is 35.5 Å². The Bertz CT molecular complexity index is 686. The van der Waals surface area contributed by atoms with Gasteiger partial charge in [-0.15, -0.1) is 0 Å². The van der Waals surface area contributed by atoms with Crippen LogP contribution in [0, 0.1) is 13.8 Å². The molecule has 3 rings (SSSR count). The predicted molar refractivity (Wildman–Crippen MR) is 98.8 cm³/mol. The van der Waals surface area contributed by atoms with Crippen LogP contribution in [0.25, 0.3) is 0 Å². The second-order valence-corrected chi connectivity index (χ2v) is 7.54. The number of rotatable bonds is 5. The molecule has 1 fully saturated rings. The van der Waals surface area contributed by atoms with Gasteiger partial charge in [-0.25, -0.2) is 9.97 Å². The van der Waals surface area contributed by atoms with E-state index in [1.54, 1.807) is 0 Å². The largest absolute Gasteiger partial charge is 0.293 e. The summed E-state index contributed by atoms with van der Waals surface area (Å²) in [5.74, 6) is 1.20. The van der Waals surface area contributed by atoms with Crippen LogP contribution in [0.5, 0.6) is 0 Å². The molecule has 2 aromatic rings. The lowest BCUT2D eigenvalue weighted by Crippen LogP contribution is -2.06. The fraction of sp³-hybridized carbons (Fsp3) is 0.450. The number of nitrogens with zero attached hydrogens (tertiary/aromatic N) is 2. The zero-order chi connectivity index (χ0) is 16.9. The maximum Gasteiger partial charge on any atom is 0.188 e. The number of carbonyl (C=O) groups excluding carboxylic acids is 1. The van der Waals surface area contributed by atoms with Crippen LogP contribution in [0.4, 0.5) is 0 Å². The van der Waals surface area contributed by atoms with E-state index in [4.69, 9.17) is 0 Å². The van der Waals surface area contributed by atoms with Crippen molar-refractivity contribution < 1.29 is 4.79 Å². The number of Topliss-reactive ketones (excluding diaryl/α,β-unsaturated/α-hetero) is 1. The van der Waals surface area contributed by atoms with Crippen molar-refractivity contribution in [2.45, 2.75) is 57.0 Å². The lowest BCUT2D eigenvalue weighted by atomic mass is 9.84. The highest BCUT2D eigenvalue weighted by Gasteiger charge is 2.16. The van der Waals surface area contributed by atoms with Crippen LogP contribution in [-0.4, -0.2) is 21.5 Å². The minimum Gasteiger partial charge on any atom is -0.293 e. The van der Waals surface area contributed by atoms with Gasteiger partial charge in [-0.1, -0.05) is 55.3 Å². The normalized spacial score (nSPS) is 15.4. The van der Waals surface area contributed by atoms with Gasteiger partial charge in [0.25, 0.3) is 0 Å². The van der Waals surface area contributed by atoms with Crippen molar-refractivity contribution in [3.8, 4) is 0 Å². The first kappa shape index (κ1) is 17.2. The molecule has 1 aliphatic carbocycles. The number of thioether (sulfide) groups is 1. The number of hydrogen-bond acceptors (Lipinski definition) is 4. The van der Waals surface area contributed by atoms with E-state index in [1.807, 2.05) is 32.0 Å². The molecule has 1 aromatic carbocycles. The molecule has 4 heteroatoms. The average Bonchev–Trinajstić information content (AvgIpc) is 2.60. The Morgan fingerprint density at radius 1 is 1.04 bits per heavy atom. The van der Waals surface area contributed by atoms with Crippen LogP contribution in [0.2, 0.25) is 0 Å². The molecule has 0 amide bonds. The van der Waals surface area contributed by atoms with E-state index in [2.05, 4.69) is 22.1 Å². The maximum absolute atomic E-state index is 12.4. The number of hydrogen-bond donors (Lipinski definition) is 0. The van der Waals surface area contributed by atoms with Crippen LogP contribution in [0.3, 0.4) is 0 Å². The Morgan fingerprint density at radius 3 is 2.29 bits per heavy atom. The van der Waals surface area contributed by atoms with Gasteiger partial charge in [-0.05, 0) is 44.2 Å². The second-order valence-electron chi connectivity index (χ2n) is 6.60. The smallest absolute Gasteiger partial charge is 0.188 e. The SMILES string of the molecule is Cc1cc(C)nc(SCC(=O)c2ccc(C3CCCCC3)cc2)n1. The van der Waals surface area contributed by atoms with Gasteiger partial charge in [-0.2, -0.15) is 0 Å². The summed E-state index contributed by atoms with van der Waals surface area (Å²) in [6.07, 6.45) is 6.60. The third-order valence-electron chi connectivity index (χ3n) is 4.60. The quantitative estimate of drug-likeness (QED) is 0.430. The molecule has 1 heterocycles. The summed E-state index contributed by atoms with van der Waals surface area (Å²) < 4.78 is 0. The molecule has 0 unspecified atom stereocenters. The molecule has 1 saturated carbocycles. The van der Waals surface area contributed by atoms with Gasteiger partial charge < -0.3 is 0 Å². The topological polar surface area (TPSA) is 42.9 Å². The third kappa shape index (κ3) is 4.44. The third-order valence-corrected chi connectivity index (χ3v) is 5.45. The summed E-state index contributed by atoms with van der Waals surface area (Å²) >= 11 is 1.41. The lowest BCUT2D eigenvalue weighted by Gasteiger charge is -2.22. The van der Waals surface area contributed by atoms with Gasteiger partial charge in [0.2, 0.25) is 0 Å². The summed E-state index contributed by atoms with van der Waals surface area (Å²) in [6.45, 7) is 3.90. The highest BCUT2D eigenvalue weighted by molar-refractivity contribution is 7.99. The van der Waals surface area contributed by atoms with E-state index < -0.39 is 0 Å². The molecule has 0 bridgehead atoms. The van der Waals surface area contributed by atoms with Crippen molar-refractivity contribution in [3.63, 3.8) is 0 Å². The summed E-state index contributed by atoms with van der Waals surface area (Å²) in [6, 6.07) is 10.2. The van der Waals surface area contributed by atoms with E-state index in [1.165, 1.54) is 49.4 Å². The lowest BCUT2D eigenvalue weighted by molar-refractivity contribution is 0.102. The minimum absolute atomic E-state index is 0.137. The predicted octanol–water partition coefficient (Wildman–Crippen LogP) is 5.12. The summed E-state index contributed by atoms with van der Waals surface area (Å²) in [7, 11) is 0. The Labute approximate surface area is 148 Å². The molecule has 1 aliphatic rings. The molecule has 1 aromatic heterocycles. The van der Waals surface area contributed by atoms with Crippen LogP contribution >= 0.6 is 11.8 Å². The van der Waals surface area contributed by atoms with Gasteiger partial charge in [-0.3, -0.25) is 4.79 Å². The van der Waals surface area contributed by atoms with Crippen molar-refractivity contribution in [1.29, 1.82) is 0 Å². The van der Waals surface area contributed by atoms with Gasteiger partial charge in [0.1, 0.15) is 0 Å². The Kier molecular flexibility index (Phi) is 5.67. The zero-order valence-electron chi connectivity index (χ0n) is 14.4. The van der Waals surface area contributed by atoms with Crippen molar-refractivity contribution in [1.82, 2.24) is 9.97 Å². The molecular formula is C20H24N2OS. The maximum atomic E-state index is 12.4. The number of carbonyl (C=O) groups is 1. The average molecular weight is 340 g/mol. The number of benzene rings is 1. The first-order valence-corrected chi connectivity index (χ1v) is 9.68. The Morgan fingerprint density at radius 2 is 1.67 bits per heavy atom. The first-order chi connectivity index (χ1) is 11.6. The van der Waals surface area contributed by atoms with E-state index in [-0.39, 0.29) is 5.78 Å². The Balaban J connectivity index is 1.60.